The molecule has 0 amide bonds. The Morgan fingerprint density at radius 1 is 1.45 bits per heavy atom. The summed E-state index contributed by atoms with van der Waals surface area (Å²) in [7, 11) is -1.52. The Kier molecular flexibility index (Phi) is 7.55. The molecule has 126 valence electrons. The zero-order valence-electron chi connectivity index (χ0n) is 12.4. The summed E-state index contributed by atoms with van der Waals surface area (Å²) in [5, 5.41) is 3.05. The van der Waals surface area contributed by atoms with E-state index < -0.39 is 15.8 Å². The summed E-state index contributed by atoms with van der Waals surface area (Å²) in [6.45, 7) is 1.91. The highest BCUT2D eigenvalue weighted by molar-refractivity contribution is 7.88. The second-order valence-corrected chi connectivity index (χ2v) is 7.80. The molecule has 1 fully saturated rings. The Balaban J connectivity index is 0.00000242. The first-order valence-electron chi connectivity index (χ1n) is 6.98. The maximum absolute atomic E-state index is 13.1. The molecule has 8 heteroatoms. The number of nitrogens with one attached hydrogen (secondary N) is 1. The van der Waals surface area contributed by atoms with Gasteiger partial charge in [0.1, 0.15) is 5.82 Å². The molecule has 2 rings (SSSR count). The number of hydrogen-bond donors (Lipinski definition) is 1. The second kappa shape index (κ2) is 8.45. The van der Waals surface area contributed by atoms with Crippen molar-refractivity contribution in [2.24, 2.45) is 5.92 Å². The first-order chi connectivity index (χ1) is 9.92. The molecule has 0 aromatic heterocycles. The van der Waals surface area contributed by atoms with Crippen LogP contribution >= 0.6 is 24.0 Å². The monoisotopic (exact) mass is 370 g/mol. The van der Waals surface area contributed by atoms with Crippen LogP contribution in [0.1, 0.15) is 18.4 Å². The summed E-state index contributed by atoms with van der Waals surface area (Å²) in [5.41, 5.74) is 0.511. The average Bonchev–Trinajstić information content (AvgIpc) is 2.43. The molecule has 4 nitrogen and oxygen atoms in total. The summed E-state index contributed by atoms with van der Waals surface area (Å²) < 4.78 is 39.6. The molecule has 1 heterocycles. The Bertz CT molecular complexity index is 597. The van der Waals surface area contributed by atoms with Gasteiger partial charge >= 0.3 is 0 Å². The molecule has 0 aliphatic carbocycles. The number of halogens is 3. The molecule has 0 radical (unpaired) electrons. The largest absolute Gasteiger partial charge is 0.319 e. The summed E-state index contributed by atoms with van der Waals surface area (Å²) in [6, 6.07) is 4.05. The van der Waals surface area contributed by atoms with Crippen LogP contribution in [-0.4, -0.2) is 39.4 Å². The Hall–Kier alpha value is -0.400. The van der Waals surface area contributed by atoms with E-state index in [9.17, 15) is 12.8 Å². The smallest absolute Gasteiger partial charge is 0.218 e. The molecular weight excluding hydrogens is 350 g/mol. The number of piperidine rings is 1. The number of sulfonamides is 1. The van der Waals surface area contributed by atoms with Gasteiger partial charge in [0.25, 0.3) is 0 Å². The predicted molar refractivity (Wildman–Crippen MR) is 89.5 cm³/mol. The fourth-order valence-corrected chi connectivity index (χ4v) is 4.50. The van der Waals surface area contributed by atoms with Crippen LogP contribution in [-0.2, 0) is 15.8 Å². The van der Waals surface area contributed by atoms with Gasteiger partial charge in [-0.05, 0) is 50.0 Å². The van der Waals surface area contributed by atoms with E-state index in [0.29, 0.717) is 24.6 Å². The Labute approximate surface area is 142 Å². The van der Waals surface area contributed by atoms with Gasteiger partial charge in [-0.1, -0.05) is 17.7 Å². The minimum atomic E-state index is -3.39. The van der Waals surface area contributed by atoms with Crippen LogP contribution in [0.15, 0.2) is 18.2 Å². The van der Waals surface area contributed by atoms with Crippen molar-refractivity contribution in [3.05, 3.63) is 34.6 Å². The van der Waals surface area contributed by atoms with Crippen LogP contribution in [0.3, 0.4) is 0 Å². The Morgan fingerprint density at radius 2 is 2.18 bits per heavy atom. The van der Waals surface area contributed by atoms with Crippen molar-refractivity contribution in [2.45, 2.75) is 18.6 Å². The Morgan fingerprint density at radius 3 is 2.82 bits per heavy atom. The van der Waals surface area contributed by atoms with Crippen molar-refractivity contribution >= 4 is 34.0 Å². The number of nitrogens with zero attached hydrogens (tertiary/aromatic N) is 1. The van der Waals surface area contributed by atoms with E-state index in [-0.39, 0.29) is 23.2 Å². The molecule has 0 spiro atoms. The highest BCUT2D eigenvalue weighted by Crippen LogP contribution is 2.23. The summed E-state index contributed by atoms with van der Waals surface area (Å²) >= 11 is 5.70. The quantitative estimate of drug-likeness (QED) is 0.866. The van der Waals surface area contributed by atoms with E-state index in [0.717, 1.165) is 19.4 Å². The van der Waals surface area contributed by atoms with Crippen LogP contribution in [0.5, 0.6) is 0 Å². The molecule has 1 aromatic carbocycles. The van der Waals surface area contributed by atoms with Crippen molar-refractivity contribution in [1.82, 2.24) is 9.62 Å². The normalized spacial score (nSPS) is 19.7. The second-order valence-electron chi connectivity index (χ2n) is 5.43. The van der Waals surface area contributed by atoms with Gasteiger partial charge in [-0.15, -0.1) is 12.4 Å². The van der Waals surface area contributed by atoms with Gasteiger partial charge in [0.2, 0.25) is 10.0 Å². The van der Waals surface area contributed by atoms with Gasteiger partial charge in [0.15, 0.2) is 0 Å². The lowest BCUT2D eigenvalue weighted by atomic mass is 10.00. The zero-order valence-corrected chi connectivity index (χ0v) is 14.8. The minimum absolute atomic E-state index is 0. The van der Waals surface area contributed by atoms with Crippen molar-refractivity contribution in [1.29, 1.82) is 0 Å². The summed E-state index contributed by atoms with van der Waals surface area (Å²) in [5.74, 6) is -0.334. The molecule has 1 N–H and O–H groups in total. The summed E-state index contributed by atoms with van der Waals surface area (Å²) in [4.78, 5) is 0. The van der Waals surface area contributed by atoms with E-state index in [1.165, 1.54) is 22.5 Å². The first kappa shape index (κ1) is 19.6. The standard InChI is InChI=1S/C14H20ClFN2O2S.ClH/c1-17-8-12-3-2-6-18(9-12)21(19,20)10-11-4-5-14(16)13(15)7-11;/h4-5,7,12,17H,2-3,6,8-10H2,1H3;1H. The number of benzene rings is 1. The zero-order chi connectivity index (χ0) is 15.5. The molecular formula is C14H21Cl2FN2O2S. The highest BCUT2D eigenvalue weighted by atomic mass is 35.5. The molecule has 1 aliphatic heterocycles. The van der Waals surface area contributed by atoms with Crippen LogP contribution in [0.2, 0.25) is 5.02 Å². The highest BCUT2D eigenvalue weighted by Gasteiger charge is 2.28. The first-order valence-corrected chi connectivity index (χ1v) is 8.97. The van der Waals surface area contributed by atoms with Gasteiger partial charge in [-0.3, -0.25) is 0 Å². The van der Waals surface area contributed by atoms with E-state index in [2.05, 4.69) is 5.32 Å². The van der Waals surface area contributed by atoms with Crippen molar-refractivity contribution in [3.8, 4) is 0 Å². The van der Waals surface area contributed by atoms with Crippen LogP contribution in [0.4, 0.5) is 4.39 Å². The van der Waals surface area contributed by atoms with Crippen molar-refractivity contribution in [2.75, 3.05) is 26.7 Å². The maximum atomic E-state index is 13.1. The van der Waals surface area contributed by atoms with Gasteiger partial charge in [-0.25, -0.2) is 17.1 Å². The lowest BCUT2D eigenvalue weighted by Gasteiger charge is -2.31. The van der Waals surface area contributed by atoms with Gasteiger partial charge in [0.05, 0.1) is 10.8 Å². The molecule has 1 saturated heterocycles. The predicted octanol–water partition coefficient (Wildman–Crippen LogP) is 2.66. The topological polar surface area (TPSA) is 49.4 Å². The molecule has 1 atom stereocenters. The average molecular weight is 371 g/mol. The maximum Gasteiger partial charge on any atom is 0.218 e. The van der Waals surface area contributed by atoms with Crippen molar-refractivity contribution in [3.63, 3.8) is 0 Å². The third-order valence-corrected chi connectivity index (χ3v) is 5.81. The van der Waals surface area contributed by atoms with E-state index in [1.807, 2.05) is 7.05 Å². The third kappa shape index (κ3) is 5.06. The van der Waals surface area contributed by atoms with Crippen LogP contribution < -0.4 is 5.32 Å². The van der Waals surface area contributed by atoms with E-state index in [1.54, 1.807) is 0 Å². The molecule has 0 saturated carbocycles. The van der Waals surface area contributed by atoms with Gasteiger partial charge in [-0.2, -0.15) is 0 Å². The summed E-state index contributed by atoms with van der Waals surface area (Å²) in [6.07, 6.45) is 1.91. The molecule has 22 heavy (non-hydrogen) atoms. The van der Waals surface area contributed by atoms with Crippen LogP contribution in [0, 0.1) is 11.7 Å². The fraction of sp³-hybridized carbons (Fsp3) is 0.571. The molecule has 1 aromatic rings. The van der Waals surface area contributed by atoms with E-state index in [4.69, 9.17) is 11.6 Å². The number of rotatable bonds is 5. The lowest BCUT2D eigenvalue weighted by Crippen LogP contribution is -2.42. The van der Waals surface area contributed by atoms with Gasteiger partial charge in [0, 0.05) is 13.1 Å². The molecule has 0 bridgehead atoms. The SMILES string of the molecule is CNCC1CCCN(S(=O)(=O)Cc2ccc(F)c(Cl)c2)C1.Cl. The number of hydrogen-bond acceptors (Lipinski definition) is 3. The lowest BCUT2D eigenvalue weighted by molar-refractivity contribution is 0.263. The van der Waals surface area contributed by atoms with Gasteiger partial charge < -0.3 is 5.32 Å². The van der Waals surface area contributed by atoms with E-state index >= 15 is 0 Å². The molecule has 1 aliphatic rings. The molecule has 1 unspecified atom stereocenters. The van der Waals surface area contributed by atoms with Crippen LogP contribution in [0.25, 0.3) is 0 Å². The fourth-order valence-electron chi connectivity index (χ4n) is 2.67. The minimum Gasteiger partial charge on any atom is -0.319 e. The third-order valence-electron chi connectivity index (χ3n) is 3.70. The van der Waals surface area contributed by atoms with Crippen molar-refractivity contribution < 1.29 is 12.8 Å².